The summed E-state index contributed by atoms with van der Waals surface area (Å²) in [4.78, 5) is 13.8. The van der Waals surface area contributed by atoms with Gasteiger partial charge in [0, 0.05) is 49.4 Å². The van der Waals surface area contributed by atoms with Gasteiger partial charge in [-0.1, -0.05) is 85.0 Å². The highest BCUT2D eigenvalue weighted by molar-refractivity contribution is 6.35. The minimum absolute atomic E-state index is 0.134. The van der Waals surface area contributed by atoms with Crippen LogP contribution in [-0.4, -0.2) is 5.78 Å². The van der Waals surface area contributed by atoms with E-state index in [2.05, 4.69) is 49.5 Å². The van der Waals surface area contributed by atoms with Gasteiger partial charge in [0.2, 0.25) is 0 Å². The number of fused-ring (bicyclic) bond motifs is 4. The summed E-state index contributed by atoms with van der Waals surface area (Å²) in [5.74, 6) is 0.797. The SMILES string of the molecule is CC1(C)CC(=O)C2=C(C1)c1c(ccc3ccccc13)N[C@@H]2c1cc(Cl)ccc1OCc1ccc(Cl)cc1Cl. The number of ketones is 1. The monoisotopic (exact) mass is 561 g/mol. The first-order chi connectivity index (χ1) is 18.2. The molecule has 0 amide bonds. The van der Waals surface area contributed by atoms with Crippen LogP contribution in [0.3, 0.4) is 0 Å². The van der Waals surface area contributed by atoms with Gasteiger partial charge in [-0.25, -0.2) is 0 Å². The number of ether oxygens (including phenoxy) is 1. The lowest BCUT2D eigenvalue weighted by Crippen LogP contribution is -2.33. The number of carbonyl (C=O) groups is 1. The zero-order chi connectivity index (χ0) is 26.6. The largest absolute Gasteiger partial charge is 0.488 e. The van der Waals surface area contributed by atoms with Gasteiger partial charge < -0.3 is 10.1 Å². The van der Waals surface area contributed by atoms with Crippen LogP contribution < -0.4 is 10.1 Å². The van der Waals surface area contributed by atoms with E-state index < -0.39 is 6.04 Å². The summed E-state index contributed by atoms with van der Waals surface area (Å²) in [5.41, 5.74) is 5.53. The molecule has 1 aliphatic carbocycles. The van der Waals surface area contributed by atoms with Crippen LogP contribution in [0.4, 0.5) is 5.69 Å². The van der Waals surface area contributed by atoms with Crippen LogP contribution in [0, 0.1) is 5.41 Å². The third-order valence-electron chi connectivity index (χ3n) is 7.42. The van der Waals surface area contributed by atoms with E-state index in [9.17, 15) is 4.79 Å². The lowest BCUT2D eigenvalue weighted by atomic mass is 9.68. The van der Waals surface area contributed by atoms with E-state index in [1.54, 1.807) is 18.2 Å². The van der Waals surface area contributed by atoms with E-state index in [0.29, 0.717) is 27.2 Å². The Morgan fingerprint density at radius 2 is 1.68 bits per heavy atom. The van der Waals surface area contributed by atoms with Crippen LogP contribution in [0.2, 0.25) is 15.1 Å². The van der Waals surface area contributed by atoms with Crippen LogP contribution >= 0.6 is 34.8 Å². The molecule has 0 unspecified atom stereocenters. The van der Waals surface area contributed by atoms with E-state index in [1.165, 1.54) is 0 Å². The van der Waals surface area contributed by atoms with E-state index >= 15 is 0 Å². The van der Waals surface area contributed by atoms with Gasteiger partial charge in [0.1, 0.15) is 12.4 Å². The number of hydrogen-bond donors (Lipinski definition) is 1. The number of rotatable bonds is 4. The molecule has 0 radical (unpaired) electrons. The average molecular weight is 563 g/mol. The molecular formula is C32H26Cl3NO2. The maximum atomic E-state index is 13.8. The van der Waals surface area contributed by atoms with Crippen molar-refractivity contribution < 1.29 is 9.53 Å². The molecule has 0 aromatic heterocycles. The standard InChI is InChI=1S/C32H26Cl3NO2/c1-32(2)15-24-29-22-6-4-3-5-18(22)8-11-26(29)36-31(30(24)27(37)16-32)23-13-20(33)10-12-28(23)38-17-19-7-9-21(34)14-25(19)35/h3-14,31,36H,15-17H2,1-2H3/t31-/m1/s1. The maximum absolute atomic E-state index is 13.8. The fraction of sp³-hybridized carbons (Fsp3) is 0.219. The molecule has 0 saturated carbocycles. The Hall–Kier alpha value is -2.98. The average Bonchev–Trinajstić information content (AvgIpc) is 2.87. The fourth-order valence-corrected chi connectivity index (χ4v) is 6.38. The van der Waals surface area contributed by atoms with Crippen LogP contribution in [0.25, 0.3) is 16.3 Å². The molecule has 2 aliphatic rings. The third kappa shape index (κ3) is 4.58. The fourth-order valence-electron chi connectivity index (χ4n) is 5.74. The van der Waals surface area contributed by atoms with E-state index in [0.717, 1.165) is 50.7 Å². The highest BCUT2D eigenvalue weighted by atomic mass is 35.5. The molecule has 1 atom stereocenters. The van der Waals surface area contributed by atoms with Crippen LogP contribution in [0.15, 0.2) is 78.4 Å². The molecule has 0 spiro atoms. The van der Waals surface area contributed by atoms with Crippen molar-refractivity contribution in [2.24, 2.45) is 5.41 Å². The Morgan fingerprint density at radius 1 is 0.921 bits per heavy atom. The van der Waals surface area contributed by atoms with Gasteiger partial charge >= 0.3 is 0 Å². The van der Waals surface area contributed by atoms with Crippen molar-refractivity contribution in [2.75, 3.05) is 5.32 Å². The number of Topliss-reactive ketones (excluding diaryl/α,β-unsaturated/α-hetero) is 1. The van der Waals surface area contributed by atoms with Gasteiger partial charge in [0.15, 0.2) is 5.78 Å². The third-order valence-corrected chi connectivity index (χ3v) is 8.24. The zero-order valence-corrected chi connectivity index (χ0v) is 23.3. The van der Waals surface area contributed by atoms with Gasteiger partial charge in [0.05, 0.1) is 6.04 Å². The summed E-state index contributed by atoms with van der Waals surface area (Å²) in [5, 5.41) is 7.68. The molecule has 4 aromatic rings. The minimum Gasteiger partial charge on any atom is -0.488 e. The van der Waals surface area contributed by atoms with Crippen molar-refractivity contribution in [2.45, 2.75) is 39.3 Å². The molecule has 6 heteroatoms. The topological polar surface area (TPSA) is 38.3 Å². The molecule has 0 fully saturated rings. The second-order valence-electron chi connectivity index (χ2n) is 10.8. The second-order valence-corrected chi connectivity index (χ2v) is 12.1. The van der Waals surface area contributed by atoms with Crippen LogP contribution in [0.1, 0.15) is 49.4 Å². The number of benzene rings is 4. The second kappa shape index (κ2) is 9.64. The van der Waals surface area contributed by atoms with Gasteiger partial charge in [-0.2, -0.15) is 0 Å². The van der Waals surface area contributed by atoms with Crippen molar-refractivity contribution in [1.82, 2.24) is 0 Å². The first-order valence-corrected chi connectivity index (χ1v) is 13.7. The number of halogens is 3. The summed E-state index contributed by atoms with van der Waals surface area (Å²) in [6, 6.07) is 23.1. The predicted octanol–water partition coefficient (Wildman–Crippen LogP) is 9.69. The highest BCUT2D eigenvalue weighted by Crippen LogP contribution is 2.53. The number of nitrogens with one attached hydrogen (secondary N) is 1. The molecule has 1 N–H and O–H groups in total. The smallest absolute Gasteiger partial charge is 0.162 e. The molecule has 192 valence electrons. The van der Waals surface area contributed by atoms with Gasteiger partial charge in [-0.05, 0) is 64.6 Å². The lowest BCUT2D eigenvalue weighted by molar-refractivity contribution is -0.118. The van der Waals surface area contributed by atoms with Gasteiger partial charge in [-0.15, -0.1) is 0 Å². The molecule has 0 saturated heterocycles. The van der Waals surface area contributed by atoms with Crippen molar-refractivity contribution in [3.63, 3.8) is 0 Å². The van der Waals surface area contributed by atoms with Gasteiger partial charge in [0.25, 0.3) is 0 Å². The molecule has 0 bridgehead atoms. The Bertz CT molecular complexity index is 1640. The summed E-state index contributed by atoms with van der Waals surface area (Å²) in [6.07, 6.45) is 1.30. The zero-order valence-electron chi connectivity index (χ0n) is 21.1. The number of allylic oxidation sites excluding steroid dienone is 1. The Kier molecular flexibility index (Phi) is 6.42. The highest BCUT2D eigenvalue weighted by Gasteiger charge is 2.41. The molecule has 4 aromatic carbocycles. The summed E-state index contributed by atoms with van der Waals surface area (Å²) in [7, 11) is 0. The van der Waals surface area contributed by atoms with E-state index in [1.807, 2.05) is 24.3 Å². The molecule has 1 aliphatic heterocycles. The Labute approximate surface area is 237 Å². The van der Waals surface area contributed by atoms with E-state index in [4.69, 9.17) is 39.5 Å². The van der Waals surface area contributed by atoms with Crippen molar-refractivity contribution in [1.29, 1.82) is 0 Å². The first-order valence-electron chi connectivity index (χ1n) is 12.6. The minimum atomic E-state index is -0.392. The van der Waals surface area contributed by atoms with E-state index in [-0.39, 0.29) is 17.8 Å². The summed E-state index contributed by atoms with van der Waals surface area (Å²) < 4.78 is 6.31. The van der Waals surface area contributed by atoms with Gasteiger partial charge in [-0.3, -0.25) is 4.79 Å². The van der Waals surface area contributed by atoms with Crippen molar-refractivity contribution in [3.05, 3.63) is 110 Å². The normalized spacial score (nSPS) is 18.1. The number of carbonyl (C=O) groups excluding carboxylic acids is 1. The van der Waals surface area contributed by atoms with Crippen LogP contribution in [-0.2, 0) is 11.4 Å². The Morgan fingerprint density at radius 3 is 2.50 bits per heavy atom. The first kappa shape index (κ1) is 25.3. The molecular weight excluding hydrogens is 537 g/mol. The summed E-state index contributed by atoms with van der Waals surface area (Å²) in [6.45, 7) is 4.59. The number of anilines is 1. The lowest BCUT2D eigenvalue weighted by Gasteiger charge is -2.40. The van der Waals surface area contributed by atoms with Crippen LogP contribution in [0.5, 0.6) is 5.75 Å². The molecule has 1 heterocycles. The Balaban J connectivity index is 1.49. The summed E-state index contributed by atoms with van der Waals surface area (Å²) >= 11 is 19.0. The predicted molar refractivity (Wildman–Crippen MR) is 157 cm³/mol. The molecule has 6 rings (SSSR count). The van der Waals surface area contributed by atoms with Crippen molar-refractivity contribution in [3.8, 4) is 5.75 Å². The molecule has 3 nitrogen and oxygen atoms in total. The quantitative estimate of drug-likeness (QED) is 0.269. The number of hydrogen-bond acceptors (Lipinski definition) is 3. The molecule has 38 heavy (non-hydrogen) atoms. The van der Waals surface area contributed by atoms with Crippen molar-refractivity contribution >= 4 is 62.6 Å². The maximum Gasteiger partial charge on any atom is 0.162 e.